The minimum Gasteiger partial charge on any atom is -0.375 e. The van der Waals surface area contributed by atoms with Crippen LogP contribution in [-0.4, -0.2) is 31.4 Å². The van der Waals surface area contributed by atoms with Gasteiger partial charge >= 0.3 is 0 Å². The summed E-state index contributed by atoms with van der Waals surface area (Å²) in [6.45, 7) is 2.13. The zero-order valence-corrected chi connectivity index (χ0v) is 12.2. The van der Waals surface area contributed by atoms with Crippen LogP contribution in [0.5, 0.6) is 0 Å². The number of benzene rings is 1. The lowest BCUT2D eigenvalue weighted by atomic mass is 10.2. The number of hydrogen-bond acceptors (Lipinski definition) is 6. The van der Waals surface area contributed by atoms with Gasteiger partial charge < -0.3 is 9.26 Å². The Bertz CT molecular complexity index is 662. The van der Waals surface area contributed by atoms with Gasteiger partial charge in [0.1, 0.15) is 6.61 Å². The highest BCUT2D eigenvalue weighted by molar-refractivity contribution is 7.91. The fourth-order valence-electron chi connectivity index (χ4n) is 1.66. The third kappa shape index (κ3) is 3.64. The summed E-state index contributed by atoms with van der Waals surface area (Å²) < 4.78 is 34.0. The van der Waals surface area contributed by atoms with Crippen LogP contribution in [0.15, 0.2) is 33.7 Å². The molecule has 0 N–H and O–H groups in total. The Labute approximate surface area is 117 Å². The average molecular weight is 296 g/mol. The lowest BCUT2D eigenvalue weighted by Gasteiger charge is -2.03. The summed E-state index contributed by atoms with van der Waals surface area (Å²) in [7, 11) is -1.81. The number of ether oxygens (including phenoxy) is 1. The number of aryl methyl sites for hydroxylation is 2. The van der Waals surface area contributed by atoms with Gasteiger partial charge in [0.25, 0.3) is 5.89 Å². The van der Waals surface area contributed by atoms with Crippen molar-refractivity contribution >= 4 is 9.84 Å². The number of hydrogen-bond donors (Lipinski definition) is 0. The molecule has 2 rings (SSSR count). The lowest BCUT2D eigenvalue weighted by Crippen LogP contribution is -2.10. The smallest absolute Gasteiger partial charge is 0.252 e. The average Bonchev–Trinajstić information content (AvgIpc) is 2.85. The van der Waals surface area contributed by atoms with Gasteiger partial charge in [-0.2, -0.15) is 4.98 Å². The number of nitrogens with zero attached hydrogens (tertiary/aromatic N) is 2. The molecule has 0 atom stereocenters. The maximum absolute atomic E-state index is 12.1. The van der Waals surface area contributed by atoms with Crippen LogP contribution in [0.1, 0.15) is 17.3 Å². The van der Waals surface area contributed by atoms with Gasteiger partial charge in [-0.05, 0) is 19.1 Å². The van der Waals surface area contributed by atoms with Crippen molar-refractivity contribution < 1.29 is 17.7 Å². The standard InChI is InChI=1S/C13H16N2O4S/c1-10-3-5-11(6-4-10)20(16,17)8-7-12-14-13(9-18-2)19-15-12/h3-6H,7-9H2,1-2H3. The fraction of sp³-hybridized carbons (Fsp3) is 0.385. The second-order valence-electron chi connectivity index (χ2n) is 4.42. The number of sulfone groups is 1. The van der Waals surface area contributed by atoms with E-state index in [2.05, 4.69) is 10.1 Å². The van der Waals surface area contributed by atoms with E-state index in [1.165, 1.54) is 7.11 Å². The van der Waals surface area contributed by atoms with Crippen molar-refractivity contribution in [2.45, 2.75) is 24.8 Å². The van der Waals surface area contributed by atoms with E-state index in [4.69, 9.17) is 9.26 Å². The quantitative estimate of drug-likeness (QED) is 0.804. The first-order valence-corrected chi connectivity index (χ1v) is 7.76. The molecular formula is C13H16N2O4S. The van der Waals surface area contributed by atoms with Crippen molar-refractivity contribution in [2.75, 3.05) is 12.9 Å². The third-order valence-corrected chi connectivity index (χ3v) is 4.48. The Morgan fingerprint density at radius 1 is 1.25 bits per heavy atom. The van der Waals surface area contributed by atoms with E-state index in [0.717, 1.165) is 5.56 Å². The largest absolute Gasteiger partial charge is 0.375 e. The number of rotatable bonds is 6. The van der Waals surface area contributed by atoms with Crippen LogP contribution in [0.25, 0.3) is 0 Å². The van der Waals surface area contributed by atoms with Crippen LogP contribution in [-0.2, 0) is 27.6 Å². The van der Waals surface area contributed by atoms with Crippen molar-refractivity contribution in [3.63, 3.8) is 0 Å². The summed E-state index contributed by atoms with van der Waals surface area (Å²) in [5.41, 5.74) is 1.02. The van der Waals surface area contributed by atoms with Gasteiger partial charge in [-0.1, -0.05) is 22.9 Å². The van der Waals surface area contributed by atoms with Crippen LogP contribution >= 0.6 is 0 Å². The molecule has 1 heterocycles. The van der Waals surface area contributed by atoms with E-state index >= 15 is 0 Å². The van der Waals surface area contributed by atoms with Gasteiger partial charge in [-0.3, -0.25) is 0 Å². The number of aromatic nitrogens is 2. The molecule has 20 heavy (non-hydrogen) atoms. The van der Waals surface area contributed by atoms with E-state index in [9.17, 15) is 8.42 Å². The van der Waals surface area contributed by atoms with E-state index in [1.54, 1.807) is 24.3 Å². The molecule has 0 saturated carbocycles. The van der Waals surface area contributed by atoms with Crippen molar-refractivity contribution in [3.05, 3.63) is 41.5 Å². The summed E-state index contributed by atoms with van der Waals surface area (Å²) in [6, 6.07) is 6.77. The Morgan fingerprint density at radius 3 is 2.60 bits per heavy atom. The van der Waals surface area contributed by atoms with Crippen LogP contribution in [0, 0.1) is 6.92 Å². The highest BCUT2D eigenvalue weighted by atomic mass is 32.2. The molecule has 0 aliphatic carbocycles. The lowest BCUT2D eigenvalue weighted by molar-refractivity contribution is 0.151. The molecular weight excluding hydrogens is 280 g/mol. The highest BCUT2D eigenvalue weighted by Gasteiger charge is 2.16. The van der Waals surface area contributed by atoms with E-state index < -0.39 is 9.84 Å². The molecule has 0 unspecified atom stereocenters. The molecule has 1 aromatic carbocycles. The van der Waals surface area contributed by atoms with Crippen LogP contribution in [0.4, 0.5) is 0 Å². The second kappa shape index (κ2) is 6.15. The zero-order valence-electron chi connectivity index (χ0n) is 11.4. The van der Waals surface area contributed by atoms with Crippen molar-refractivity contribution in [1.29, 1.82) is 0 Å². The minimum atomic E-state index is -3.33. The van der Waals surface area contributed by atoms with Crippen molar-refractivity contribution in [2.24, 2.45) is 0 Å². The summed E-state index contributed by atoms with van der Waals surface area (Å²) >= 11 is 0. The van der Waals surface area contributed by atoms with Gasteiger partial charge in [0.05, 0.1) is 10.6 Å². The first-order chi connectivity index (χ1) is 9.51. The second-order valence-corrected chi connectivity index (χ2v) is 6.53. The Morgan fingerprint density at radius 2 is 1.95 bits per heavy atom. The maximum atomic E-state index is 12.1. The molecule has 0 bridgehead atoms. The van der Waals surface area contributed by atoms with Gasteiger partial charge in [0.2, 0.25) is 0 Å². The summed E-state index contributed by atoms with van der Waals surface area (Å²) in [5.74, 6) is 0.658. The molecule has 1 aromatic heterocycles. The first kappa shape index (κ1) is 14.7. The van der Waals surface area contributed by atoms with E-state index in [1.807, 2.05) is 6.92 Å². The molecule has 0 aliphatic heterocycles. The molecule has 6 nitrogen and oxygen atoms in total. The summed E-state index contributed by atoms with van der Waals surface area (Å²) in [6.07, 6.45) is 0.212. The Kier molecular flexibility index (Phi) is 4.51. The molecule has 0 saturated heterocycles. The van der Waals surface area contributed by atoms with Crippen LogP contribution in [0.2, 0.25) is 0 Å². The Balaban J connectivity index is 2.03. The Hall–Kier alpha value is -1.73. The van der Waals surface area contributed by atoms with Crippen LogP contribution in [0.3, 0.4) is 0 Å². The molecule has 0 amide bonds. The van der Waals surface area contributed by atoms with Gasteiger partial charge in [-0.25, -0.2) is 8.42 Å². The van der Waals surface area contributed by atoms with Crippen molar-refractivity contribution in [1.82, 2.24) is 10.1 Å². The molecule has 0 spiro atoms. The van der Waals surface area contributed by atoms with Crippen molar-refractivity contribution in [3.8, 4) is 0 Å². The fourth-order valence-corrected chi connectivity index (χ4v) is 2.90. The molecule has 108 valence electrons. The van der Waals surface area contributed by atoms with Gasteiger partial charge in [0, 0.05) is 13.5 Å². The van der Waals surface area contributed by atoms with E-state index in [-0.39, 0.29) is 18.8 Å². The maximum Gasteiger partial charge on any atom is 0.252 e. The van der Waals surface area contributed by atoms with Crippen LogP contribution < -0.4 is 0 Å². The normalized spacial score (nSPS) is 11.7. The third-order valence-electron chi connectivity index (χ3n) is 2.75. The zero-order chi connectivity index (χ0) is 14.6. The predicted octanol–water partition coefficient (Wildman–Crippen LogP) is 1.54. The molecule has 2 aromatic rings. The summed E-state index contributed by atoms with van der Waals surface area (Å²) in [4.78, 5) is 4.35. The summed E-state index contributed by atoms with van der Waals surface area (Å²) in [5, 5.41) is 3.72. The van der Waals surface area contributed by atoms with Gasteiger partial charge in [-0.15, -0.1) is 0 Å². The molecule has 0 fully saturated rings. The molecule has 0 radical (unpaired) electrons. The minimum absolute atomic E-state index is 0.0536. The predicted molar refractivity (Wildman–Crippen MR) is 71.9 cm³/mol. The molecule has 7 heteroatoms. The van der Waals surface area contributed by atoms with Gasteiger partial charge in [0.15, 0.2) is 15.7 Å². The molecule has 0 aliphatic rings. The highest BCUT2D eigenvalue weighted by Crippen LogP contribution is 2.13. The number of methoxy groups -OCH3 is 1. The monoisotopic (exact) mass is 296 g/mol. The SMILES string of the molecule is COCc1nc(CCS(=O)(=O)c2ccc(C)cc2)no1. The van der Waals surface area contributed by atoms with E-state index in [0.29, 0.717) is 16.6 Å². The first-order valence-electron chi connectivity index (χ1n) is 6.11. The topological polar surface area (TPSA) is 82.3 Å².